The van der Waals surface area contributed by atoms with Gasteiger partial charge in [0.05, 0.1) is 32.5 Å². The Hall–Kier alpha value is -3.46. The third kappa shape index (κ3) is 6.80. The zero-order valence-corrected chi connectivity index (χ0v) is 30.5. The van der Waals surface area contributed by atoms with Crippen molar-refractivity contribution in [1.82, 2.24) is 4.57 Å². The van der Waals surface area contributed by atoms with Crippen molar-refractivity contribution in [1.29, 1.82) is 0 Å². The fourth-order valence-electron chi connectivity index (χ4n) is 5.21. The van der Waals surface area contributed by atoms with E-state index in [9.17, 15) is 9.59 Å². The molecular weight excluding hydrogens is 848 g/mol. The highest BCUT2D eigenvalue weighted by atomic mass is 127. The van der Waals surface area contributed by atoms with Crippen molar-refractivity contribution < 1.29 is 14.3 Å². The highest BCUT2D eigenvalue weighted by Crippen LogP contribution is 2.33. The lowest BCUT2D eigenvalue weighted by Gasteiger charge is -2.25. The highest BCUT2D eigenvalue weighted by molar-refractivity contribution is 14.1. The summed E-state index contributed by atoms with van der Waals surface area (Å²) in [5.41, 5.74) is 3.63. The summed E-state index contributed by atoms with van der Waals surface area (Å²) in [6.07, 6.45) is 1.84. The summed E-state index contributed by atoms with van der Waals surface area (Å²) in [7, 11) is 1.59. The van der Waals surface area contributed by atoms with Crippen LogP contribution in [0.3, 0.4) is 0 Å². The van der Waals surface area contributed by atoms with Gasteiger partial charge in [-0.2, -0.15) is 0 Å². The number of para-hydroxylation sites is 1. The largest absolute Gasteiger partial charge is 0.497 e. The van der Waals surface area contributed by atoms with E-state index in [0.29, 0.717) is 42.8 Å². The minimum atomic E-state index is -0.732. The first-order valence-corrected chi connectivity index (χ1v) is 17.5. The van der Waals surface area contributed by atoms with Gasteiger partial charge in [0.25, 0.3) is 11.5 Å². The van der Waals surface area contributed by atoms with Crippen LogP contribution in [-0.2, 0) is 11.4 Å². The Bertz CT molecular complexity index is 2180. The quantitative estimate of drug-likeness (QED) is 0.166. The number of carbonyl (C=O) groups excluding carboxylic acids is 1. The van der Waals surface area contributed by atoms with Crippen molar-refractivity contribution in [2.75, 3.05) is 12.4 Å². The number of ether oxygens (including phenoxy) is 2. The molecule has 7 nitrogen and oxygen atoms in total. The van der Waals surface area contributed by atoms with Crippen LogP contribution in [0.4, 0.5) is 5.69 Å². The Balaban J connectivity index is 1.48. The summed E-state index contributed by atoms with van der Waals surface area (Å²) in [4.78, 5) is 33.5. The summed E-state index contributed by atoms with van der Waals surface area (Å²) >= 11 is 12.2. The topological polar surface area (TPSA) is 81.9 Å². The number of nitrogens with one attached hydrogen (secondary N) is 1. The molecular formula is C35H26ClI2N3O4S. The van der Waals surface area contributed by atoms with Crippen LogP contribution in [0, 0.1) is 7.14 Å². The molecule has 1 aromatic heterocycles. The Labute approximate surface area is 301 Å². The molecule has 0 fully saturated rings. The van der Waals surface area contributed by atoms with Gasteiger partial charge in [-0.05, 0) is 106 Å². The molecule has 1 N–H and O–H groups in total. The van der Waals surface area contributed by atoms with Gasteiger partial charge in [-0.15, -0.1) is 0 Å². The van der Waals surface area contributed by atoms with E-state index in [-0.39, 0.29) is 18.1 Å². The normalized spacial score (nSPS) is 14.5. The van der Waals surface area contributed by atoms with Crippen molar-refractivity contribution in [3.8, 4) is 11.5 Å². The second kappa shape index (κ2) is 14.1. The van der Waals surface area contributed by atoms with Gasteiger partial charge in [-0.3, -0.25) is 14.2 Å². The number of allylic oxidation sites excluding steroid dienone is 1. The van der Waals surface area contributed by atoms with Gasteiger partial charge in [0, 0.05) is 25.4 Å². The molecule has 0 radical (unpaired) electrons. The predicted octanol–water partition coefficient (Wildman–Crippen LogP) is 7.32. The van der Waals surface area contributed by atoms with Crippen LogP contribution in [0.25, 0.3) is 6.08 Å². The van der Waals surface area contributed by atoms with E-state index < -0.39 is 6.04 Å². The molecule has 4 aromatic carbocycles. The summed E-state index contributed by atoms with van der Waals surface area (Å²) < 4.78 is 15.8. The lowest BCUT2D eigenvalue weighted by atomic mass is 9.95. The Kier molecular flexibility index (Phi) is 9.97. The smallest absolute Gasteiger partial charge is 0.271 e. The maximum atomic E-state index is 14.3. The second-order valence-corrected chi connectivity index (χ2v) is 14.2. The lowest BCUT2D eigenvalue weighted by Crippen LogP contribution is -2.40. The Morgan fingerprint density at radius 3 is 2.57 bits per heavy atom. The van der Waals surface area contributed by atoms with Gasteiger partial charge >= 0.3 is 0 Å². The third-order valence-electron chi connectivity index (χ3n) is 7.36. The molecule has 0 saturated carbocycles. The van der Waals surface area contributed by atoms with Crippen LogP contribution in [0.15, 0.2) is 112 Å². The third-order valence-corrected chi connectivity index (χ3v) is 10.1. The fraction of sp³-hybridized carbons (Fsp3) is 0.114. The number of carbonyl (C=O) groups is 1. The average Bonchev–Trinajstić information content (AvgIpc) is 3.34. The van der Waals surface area contributed by atoms with E-state index in [1.807, 2.05) is 97.1 Å². The number of rotatable bonds is 8. The number of thiazole rings is 1. The van der Waals surface area contributed by atoms with E-state index >= 15 is 0 Å². The Morgan fingerprint density at radius 1 is 1.04 bits per heavy atom. The van der Waals surface area contributed by atoms with Crippen molar-refractivity contribution in [3.05, 3.63) is 151 Å². The molecule has 1 amide bonds. The summed E-state index contributed by atoms with van der Waals surface area (Å²) in [6.45, 7) is 2.07. The summed E-state index contributed by atoms with van der Waals surface area (Å²) in [5, 5.41) is 3.61. The number of amides is 1. The maximum absolute atomic E-state index is 14.3. The lowest BCUT2D eigenvalue weighted by molar-refractivity contribution is -0.113. The van der Waals surface area contributed by atoms with Crippen LogP contribution in [0.2, 0.25) is 5.02 Å². The molecule has 5 aromatic rings. The first kappa shape index (κ1) is 32.5. The molecule has 0 aliphatic carbocycles. The van der Waals surface area contributed by atoms with Gasteiger partial charge in [-0.25, -0.2) is 4.99 Å². The number of hydrogen-bond donors (Lipinski definition) is 1. The number of benzene rings is 4. The maximum Gasteiger partial charge on any atom is 0.271 e. The minimum absolute atomic E-state index is 0.264. The predicted molar refractivity (Wildman–Crippen MR) is 199 cm³/mol. The monoisotopic (exact) mass is 873 g/mol. The van der Waals surface area contributed by atoms with E-state index in [0.717, 1.165) is 23.8 Å². The molecule has 1 atom stereocenters. The van der Waals surface area contributed by atoms with Crippen LogP contribution in [-0.4, -0.2) is 17.6 Å². The van der Waals surface area contributed by atoms with E-state index in [1.54, 1.807) is 18.6 Å². The molecule has 6 rings (SSSR count). The number of halogens is 3. The molecule has 2 heterocycles. The van der Waals surface area contributed by atoms with Crippen LogP contribution < -0.4 is 29.7 Å². The number of aromatic nitrogens is 1. The van der Waals surface area contributed by atoms with Crippen molar-refractivity contribution in [3.63, 3.8) is 0 Å². The molecule has 11 heteroatoms. The number of methoxy groups -OCH3 is 1. The van der Waals surface area contributed by atoms with Crippen LogP contribution in [0.1, 0.15) is 29.7 Å². The zero-order valence-electron chi connectivity index (χ0n) is 24.6. The first-order chi connectivity index (χ1) is 22.2. The standard InChI is InChI=1S/C35H26ClI2N3O4S/c1-20-30(33(42)40-25-11-4-3-5-12-25)31(21-10-8-13-26(16-21)44-2)41-34(43)29(46-35(41)39-20)17-23-15-24(37)18-28(38)32(23)45-19-22-9-6-7-14-27(22)36/h3-18,31H,19H2,1-2H3,(H,40,42)/b29-17-/t31-/m1/s1. The second-order valence-electron chi connectivity index (χ2n) is 10.4. The van der Waals surface area contributed by atoms with E-state index in [2.05, 4.69) is 50.5 Å². The summed E-state index contributed by atoms with van der Waals surface area (Å²) in [5.74, 6) is 0.929. The number of anilines is 1. The van der Waals surface area contributed by atoms with Crippen molar-refractivity contribution >= 4 is 85.8 Å². The SMILES string of the molecule is COc1cccc([C@@H]2C(C(=O)Nc3ccccc3)=C(C)N=c3s/c(=C\c4cc(I)cc(I)c4OCc4ccccc4Cl)c(=O)n32)c1. The van der Waals surface area contributed by atoms with Crippen molar-refractivity contribution in [2.45, 2.75) is 19.6 Å². The number of nitrogens with zero attached hydrogens (tertiary/aromatic N) is 2. The van der Waals surface area contributed by atoms with Gasteiger partial charge in [0.2, 0.25) is 0 Å². The zero-order chi connectivity index (χ0) is 32.4. The van der Waals surface area contributed by atoms with E-state index in [4.69, 9.17) is 26.1 Å². The van der Waals surface area contributed by atoms with Gasteiger partial charge in [-0.1, -0.05) is 71.5 Å². The first-order valence-electron chi connectivity index (χ1n) is 14.1. The molecule has 1 aliphatic rings. The van der Waals surface area contributed by atoms with Crippen LogP contribution >= 0.6 is 68.1 Å². The molecule has 0 bridgehead atoms. The van der Waals surface area contributed by atoms with Crippen LogP contribution in [0.5, 0.6) is 11.5 Å². The molecule has 0 unspecified atom stereocenters. The fourth-order valence-corrected chi connectivity index (χ4v) is 8.48. The minimum Gasteiger partial charge on any atom is -0.497 e. The molecule has 0 saturated heterocycles. The number of fused-ring (bicyclic) bond motifs is 1. The van der Waals surface area contributed by atoms with Gasteiger partial charge < -0.3 is 14.8 Å². The molecule has 232 valence electrons. The average molecular weight is 874 g/mol. The number of hydrogen-bond acceptors (Lipinski definition) is 6. The molecule has 46 heavy (non-hydrogen) atoms. The van der Waals surface area contributed by atoms with Gasteiger partial charge in [0.1, 0.15) is 18.1 Å². The highest BCUT2D eigenvalue weighted by Gasteiger charge is 2.33. The molecule has 1 aliphatic heterocycles. The summed E-state index contributed by atoms with van der Waals surface area (Å²) in [6, 6.07) is 27.4. The molecule has 0 spiro atoms. The van der Waals surface area contributed by atoms with Crippen molar-refractivity contribution in [2.24, 2.45) is 4.99 Å². The van der Waals surface area contributed by atoms with E-state index in [1.165, 1.54) is 11.3 Å². The Morgan fingerprint density at radius 2 is 1.80 bits per heavy atom. The van der Waals surface area contributed by atoms with Gasteiger partial charge in [0.15, 0.2) is 4.80 Å².